The number of hydrogen-bond acceptors (Lipinski definition) is 3. The van der Waals surface area contributed by atoms with Gasteiger partial charge in [0.25, 0.3) is 0 Å². The summed E-state index contributed by atoms with van der Waals surface area (Å²) in [7, 11) is 0. The molecule has 1 aromatic heterocycles. The molecule has 2 rings (SSSR count). The fraction of sp³-hybridized carbons (Fsp3) is 0.0769. The van der Waals surface area contributed by atoms with Crippen LogP contribution in [-0.4, -0.2) is 9.97 Å². The van der Waals surface area contributed by atoms with Crippen molar-refractivity contribution < 1.29 is 4.74 Å². The zero-order valence-corrected chi connectivity index (χ0v) is 17.4. The molecule has 0 aliphatic heterocycles. The average Bonchev–Trinajstić information content (AvgIpc) is 2.37. The lowest BCUT2D eigenvalue weighted by Gasteiger charge is -2.12. The van der Waals surface area contributed by atoms with Gasteiger partial charge in [-0.1, -0.05) is 18.3 Å². The summed E-state index contributed by atoms with van der Waals surface area (Å²) in [6.45, 7) is 0.396. The molecule has 0 aliphatic carbocycles. The lowest BCUT2D eigenvalue weighted by atomic mass is 10.2. The number of halogens is 3. The number of ether oxygens (including phenoxy) is 1. The molecule has 0 amide bonds. The Morgan fingerprint density at radius 3 is 2.50 bits per heavy atom. The van der Waals surface area contributed by atoms with Gasteiger partial charge in [0.1, 0.15) is 23.0 Å². The number of benzene rings is 1. The first-order valence-electron chi connectivity index (χ1n) is 5.50. The lowest BCUT2D eigenvalue weighted by Crippen LogP contribution is -2.15. The van der Waals surface area contributed by atoms with Crippen LogP contribution in [0.4, 0.5) is 0 Å². The van der Waals surface area contributed by atoms with Gasteiger partial charge in [-0.15, -0.1) is 0 Å². The maximum Gasteiger partial charge on any atom is 0.146 e. The van der Waals surface area contributed by atoms with E-state index in [0.29, 0.717) is 12.3 Å². The molecule has 0 bridgehead atoms. The first kappa shape index (κ1) is 16.6. The second-order valence-corrected chi connectivity index (χ2v) is 7.87. The minimum absolute atomic E-state index is 0.288. The SMILES string of the molecule is NC(=S)c1ncccc1COc1c(I)cc(I)cc1I. The van der Waals surface area contributed by atoms with Crippen LogP contribution in [0.25, 0.3) is 0 Å². The molecule has 0 saturated heterocycles. The van der Waals surface area contributed by atoms with E-state index >= 15 is 0 Å². The Hall–Kier alpha value is 0.250. The standard InChI is InChI=1S/C13H9I3N2OS/c14-8-4-9(15)12(10(16)5-8)19-6-7-2-1-3-18-11(7)13(17)20/h1-5H,6H2,(H2,17,20). The first-order chi connectivity index (χ1) is 9.49. The van der Waals surface area contributed by atoms with E-state index in [2.05, 4.69) is 84.9 Å². The maximum absolute atomic E-state index is 5.93. The zero-order valence-electron chi connectivity index (χ0n) is 10.1. The van der Waals surface area contributed by atoms with Gasteiger partial charge < -0.3 is 10.5 Å². The van der Waals surface area contributed by atoms with Crippen molar-refractivity contribution >= 4 is 85.0 Å². The second-order valence-electron chi connectivity index (χ2n) is 3.86. The van der Waals surface area contributed by atoms with Crippen molar-refractivity contribution in [1.82, 2.24) is 4.98 Å². The molecule has 0 aliphatic rings. The summed E-state index contributed by atoms with van der Waals surface area (Å²) < 4.78 is 9.28. The summed E-state index contributed by atoms with van der Waals surface area (Å²) in [6.07, 6.45) is 1.68. The van der Waals surface area contributed by atoms with Crippen LogP contribution in [0.3, 0.4) is 0 Å². The molecule has 2 aromatic rings. The number of nitrogens with zero attached hydrogens (tertiary/aromatic N) is 1. The molecule has 0 atom stereocenters. The van der Waals surface area contributed by atoms with Crippen molar-refractivity contribution in [2.75, 3.05) is 0 Å². The van der Waals surface area contributed by atoms with E-state index in [-0.39, 0.29) is 4.99 Å². The normalized spacial score (nSPS) is 10.3. The predicted molar refractivity (Wildman–Crippen MR) is 109 cm³/mol. The van der Waals surface area contributed by atoms with Crippen LogP contribution < -0.4 is 10.5 Å². The van der Waals surface area contributed by atoms with Crippen LogP contribution in [0.5, 0.6) is 5.75 Å². The Morgan fingerprint density at radius 2 is 1.90 bits per heavy atom. The Balaban J connectivity index is 2.24. The molecule has 3 nitrogen and oxygen atoms in total. The first-order valence-corrected chi connectivity index (χ1v) is 9.14. The van der Waals surface area contributed by atoms with Crippen molar-refractivity contribution in [2.24, 2.45) is 5.73 Å². The molecule has 0 spiro atoms. The van der Waals surface area contributed by atoms with Crippen LogP contribution >= 0.6 is 80.0 Å². The van der Waals surface area contributed by atoms with E-state index in [4.69, 9.17) is 22.7 Å². The molecular weight excluding hydrogens is 613 g/mol. The molecule has 0 radical (unpaired) electrons. The monoisotopic (exact) mass is 622 g/mol. The summed E-state index contributed by atoms with van der Waals surface area (Å²) in [6, 6.07) is 7.94. The molecule has 1 heterocycles. The predicted octanol–water partition coefficient (Wildman–Crippen LogP) is 4.11. The van der Waals surface area contributed by atoms with Crippen molar-refractivity contribution in [3.8, 4) is 5.75 Å². The highest BCUT2D eigenvalue weighted by Gasteiger charge is 2.11. The van der Waals surface area contributed by atoms with Crippen molar-refractivity contribution in [3.05, 3.63) is 52.4 Å². The number of nitrogens with two attached hydrogens (primary N) is 1. The van der Waals surface area contributed by atoms with Gasteiger partial charge in [-0.2, -0.15) is 0 Å². The second kappa shape index (κ2) is 7.49. The van der Waals surface area contributed by atoms with Crippen molar-refractivity contribution in [1.29, 1.82) is 0 Å². The highest BCUT2D eigenvalue weighted by molar-refractivity contribution is 14.1. The third-order valence-corrected chi connectivity index (χ3v) is 4.88. The quantitative estimate of drug-likeness (QED) is 0.413. The number of rotatable bonds is 4. The third kappa shape index (κ3) is 4.13. The summed E-state index contributed by atoms with van der Waals surface area (Å²) in [5.41, 5.74) is 7.19. The molecule has 20 heavy (non-hydrogen) atoms. The summed E-state index contributed by atoms with van der Waals surface area (Å²) >= 11 is 11.8. The molecule has 2 N–H and O–H groups in total. The van der Waals surface area contributed by atoms with Gasteiger partial charge in [0, 0.05) is 15.3 Å². The molecule has 104 valence electrons. The summed E-state index contributed by atoms with van der Waals surface area (Å²) in [5.74, 6) is 0.879. The topological polar surface area (TPSA) is 48.1 Å². The minimum Gasteiger partial charge on any atom is -0.487 e. The Morgan fingerprint density at radius 1 is 1.25 bits per heavy atom. The molecule has 7 heteroatoms. The molecule has 0 saturated carbocycles. The summed E-state index contributed by atoms with van der Waals surface area (Å²) in [4.78, 5) is 4.49. The molecule has 0 fully saturated rings. The van der Waals surface area contributed by atoms with E-state index in [1.54, 1.807) is 6.20 Å². The Bertz CT molecular complexity index is 641. The largest absolute Gasteiger partial charge is 0.487 e. The maximum atomic E-state index is 5.93. The van der Waals surface area contributed by atoms with Crippen LogP contribution in [0, 0.1) is 10.7 Å². The van der Waals surface area contributed by atoms with Gasteiger partial charge in [0.05, 0.1) is 7.14 Å². The Kier molecular flexibility index (Phi) is 6.23. The van der Waals surface area contributed by atoms with Crippen LogP contribution in [-0.2, 0) is 6.61 Å². The number of thiocarbonyl (C=S) groups is 1. The van der Waals surface area contributed by atoms with Gasteiger partial charge >= 0.3 is 0 Å². The highest BCUT2D eigenvalue weighted by Crippen LogP contribution is 2.30. The van der Waals surface area contributed by atoms with Crippen LogP contribution in [0.2, 0.25) is 0 Å². The van der Waals surface area contributed by atoms with E-state index < -0.39 is 0 Å². The number of pyridine rings is 1. The molecular formula is C13H9I3N2OS. The van der Waals surface area contributed by atoms with Gasteiger partial charge in [-0.05, 0) is 86.0 Å². The Labute approximate surface area is 163 Å². The van der Waals surface area contributed by atoms with Crippen molar-refractivity contribution in [3.63, 3.8) is 0 Å². The average molecular weight is 622 g/mol. The van der Waals surface area contributed by atoms with Gasteiger partial charge in [-0.3, -0.25) is 4.98 Å². The van der Waals surface area contributed by atoms with E-state index in [0.717, 1.165) is 18.5 Å². The van der Waals surface area contributed by atoms with Crippen LogP contribution in [0.15, 0.2) is 30.5 Å². The highest BCUT2D eigenvalue weighted by atomic mass is 127. The van der Waals surface area contributed by atoms with Gasteiger partial charge in [0.2, 0.25) is 0 Å². The van der Waals surface area contributed by atoms with Crippen LogP contribution in [0.1, 0.15) is 11.3 Å². The van der Waals surface area contributed by atoms with Gasteiger partial charge in [-0.25, -0.2) is 0 Å². The fourth-order valence-electron chi connectivity index (χ4n) is 1.59. The molecule has 1 aromatic carbocycles. The summed E-state index contributed by atoms with van der Waals surface area (Å²) in [5, 5.41) is 0. The fourth-order valence-corrected chi connectivity index (χ4v) is 5.67. The third-order valence-electron chi connectivity index (χ3n) is 2.46. The van der Waals surface area contributed by atoms with E-state index in [1.165, 1.54) is 3.57 Å². The lowest BCUT2D eigenvalue weighted by molar-refractivity contribution is 0.301. The molecule has 0 unspecified atom stereocenters. The van der Waals surface area contributed by atoms with Gasteiger partial charge in [0.15, 0.2) is 0 Å². The number of aromatic nitrogens is 1. The number of hydrogen-bond donors (Lipinski definition) is 1. The van der Waals surface area contributed by atoms with E-state index in [9.17, 15) is 0 Å². The van der Waals surface area contributed by atoms with E-state index in [1.807, 2.05) is 12.1 Å². The smallest absolute Gasteiger partial charge is 0.146 e. The van der Waals surface area contributed by atoms with Crippen molar-refractivity contribution in [2.45, 2.75) is 6.61 Å². The minimum atomic E-state index is 0.288. The zero-order chi connectivity index (χ0) is 14.7.